The third kappa shape index (κ3) is 2.98. The van der Waals surface area contributed by atoms with Crippen LogP contribution < -0.4 is 4.74 Å². The first-order chi connectivity index (χ1) is 8.56. The molecule has 1 aromatic heterocycles. The number of benzene rings is 1. The van der Waals surface area contributed by atoms with Crippen molar-refractivity contribution in [2.24, 2.45) is 0 Å². The second-order valence-electron chi connectivity index (χ2n) is 3.69. The van der Waals surface area contributed by atoms with Gasteiger partial charge in [-0.15, -0.1) is 0 Å². The van der Waals surface area contributed by atoms with Crippen molar-refractivity contribution in [3.8, 4) is 11.5 Å². The highest BCUT2D eigenvalue weighted by Gasteiger charge is 2.13. The summed E-state index contributed by atoms with van der Waals surface area (Å²) in [4.78, 5) is 15.0. The molecule has 0 spiro atoms. The normalized spacial score (nSPS) is 10.1. The Morgan fingerprint density at radius 1 is 1.39 bits per heavy atom. The van der Waals surface area contributed by atoms with Crippen LogP contribution in [0.5, 0.6) is 11.5 Å². The van der Waals surface area contributed by atoms with E-state index in [0.29, 0.717) is 17.2 Å². The molecule has 92 valence electrons. The second kappa shape index (κ2) is 5.34. The fourth-order valence-corrected chi connectivity index (χ4v) is 1.95. The number of ether oxygens (including phenoxy) is 1. The van der Waals surface area contributed by atoms with E-state index in [1.165, 1.54) is 6.20 Å². The number of carbonyl (C=O) groups is 1. The lowest BCUT2D eigenvalue weighted by Gasteiger charge is -2.09. The van der Waals surface area contributed by atoms with E-state index in [9.17, 15) is 4.79 Å². The minimum Gasteiger partial charge on any atom is -0.477 e. The highest BCUT2D eigenvalue weighted by Crippen LogP contribution is 2.26. The van der Waals surface area contributed by atoms with Crippen molar-refractivity contribution in [3.05, 3.63) is 51.4 Å². The van der Waals surface area contributed by atoms with E-state index < -0.39 is 5.97 Å². The van der Waals surface area contributed by atoms with Crippen LogP contribution in [-0.4, -0.2) is 16.1 Å². The monoisotopic (exact) mass is 355 g/mol. The highest BCUT2D eigenvalue weighted by molar-refractivity contribution is 14.1. The van der Waals surface area contributed by atoms with Gasteiger partial charge in [-0.25, -0.2) is 4.79 Å². The Labute approximate surface area is 118 Å². The molecule has 0 atom stereocenters. The van der Waals surface area contributed by atoms with E-state index in [-0.39, 0.29) is 5.56 Å². The van der Waals surface area contributed by atoms with Crippen LogP contribution in [0.1, 0.15) is 16.1 Å². The molecule has 5 heteroatoms. The van der Waals surface area contributed by atoms with Gasteiger partial charge in [0.2, 0.25) is 0 Å². The van der Waals surface area contributed by atoms with Crippen LogP contribution in [0, 0.1) is 10.5 Å². The molecule has 2 aromatic rings. The highest BCUT2D eigenvalue weighted by atomic mass is 127. The SMILES string of the molecule is Cc1cc(Oc2cccc(I)c2)c(C(=O)O)cn1. The summed E-state index contributed by atoms with van der Waals surface area (Å²) in [6.45, 7) is 1.78. The number of hydrogen-bond donors (Lipinski definition) is 1. The molecule has 0 aliphatic heterocycles. The van der Waals surface area contributed by atoms with E-state index in [0.717, 1.165) is 3.57 Å². The fraction of sp³-hybridized carbons (Fsp3) is 0.0769. The fourth-order valence-electron chi connectivity index (χ4n) is 1.44. The summed E-state index contributed by atoms with van der Waals surface area (Å²) in [5, 5.41) is 9.07. The second-order valence-corrected chi connectivity index (χ2v) is 4.93. The smallest absolute Gasteiger partial charge is 0.341 e. The zero-order valence-corrected chi connectivity index (χ0v) is 11.7. The Morgan fingerprint density at radius 2 is 2.17 bits per heavy atom. The Morgan fingerprint density at radius 3 is 2.83 bits per heavy atom. The molecule has 0 fully saturated rings. The van der Waals surface area contributed by atoms with E-state index in [2.05, 4.69) is 27.6 Å². The quantitative estimate of drug-likeness (QED) is 0.857. The van der Waals surface area contributed by atoms with Crippen molar-refractivity contribution in [3.63, 3.8) is 0 Å². The predicted molar refractivity (Wildman–Crippen MR) is 75.2 cm³/mol. The zero-order valence-electron chi connectivity index (χ0n) is 9.55. The van der Waals surface area contributed by atoms with Crippen molar-refractivity contribution in [1.82, 2.24) is 4.98 Å². The predicted octanol–water partition coefficient (Wildman–Crippen LogP) is 3.49. The Kier molecular flexibility index (Phi) is 3.81. The first kappa shape index (κ1) is 12.8. The average molecular weight is 355 g/mol. The van der Waals surface area contributed by atoms with Gasteiger partial charge >= 0.3 is 5.97 Å². The van der Waals surface area contributed by atoms with Crippen molar-refractivity contribution in [2.45, 2.75) is 6.92 Å². The number of halogens is 1. The van der Waals surface area contributed by atoms with Gasteiger partial charge in [-0.1, -0.05) is 6.07 Å². The summed E-state index contributed by atoms with van der Waals surface area (Å²) in [5.74, 6) is -0.143. The van der Waals surface area contributed by atoms with Gasteiger partial charge in [-0.05, 0) is 47.7 Å². The van der Waals surface area contributed by atoms with Gasteiger partial charge in [-0.3, -0.25) is 4.98 Å². The molecule has 18 heavy (non-hydrogen) atoms. The maximum atomic E-state index is 11.1. The molecule has 2 rings (SSSR count). The summed E-state index contributed by atoms with van der Waals surface area (Å²) in [6.07, 6.45) is 1.31. The lowest BCUT2D eigenvalue weighted by molar-refractivity contribution is 0.0693. The third-order valence-electron chi connectivity index (χ3n) is 2.26. The summed E-state index contributed by atoms with van der Waals surface area (Å²) in [6, 6.07) is 9.02. The number of aromatic carboxylic acids is 1. The molecule has 0 saturated heterocycles. The molecule has 1 aromatic carbocycles. The largest absolute Gasteiger partial charge is 0.477 e. The maximum absolute atomic E-state index is 11.1. The number of aryl methyl sites for hydroxylation is 1. The van der Waals surface area contributed by atoms with Crippen LogP contribution >= 0.6 is 22.6 Å². The molecule has 0 aliphatic rings. The van der Waals surface area contributed by atoms with Crippen molar-refractivity contribution < 1.29 is 14.6 Å². The van der Waals surface area contributed by atoms with E-state index in [1.807, 2.05) is 18.2 Å². The zero-order chi connectivity index (χ0) is 13.1. The standard InChI is InChI=1S/C13H10INO3/c1-8-5-12(11(7-15-8)13(16)17)18-10-4-2-3-9(14)6-10/h2-7H,1H3,(H,16,17). The summed E-state index contributed by atoms with van der Waals surface area (Å²) >= 11 is 2.17. The van der Waals surface area contributed by atoms with Crippen molar-refractivity contribution in [2.75, 3.05) is 0 Å². The summed E-state index contributed by atoms with van der Waals surface area (Å²) in [7, 11) is 0. The van der Waals surface area contributed by atoms with Crippen molar-refractivity contribution >= 4 is 28.6 Å². The molecular formula is C13H10INO3. The molecule has 0 amide bonds. The number of aromatic nitrogens is 1. The molecule has 0 unspecified atom stereocenters. The topological polar surface area (TPSA) is 59.4 Å². The molecule has 0 aliphatic carbocycles. The maximum Gasteiger partial charge on any atom is 0.341 e. The molecule has 0 bridgehead atoms. The average Bonchev–Trinajstić information content (AvgIpc) is 2.28. The minimum atomic E-state index is -1.05. The van der Waals surface area contributed by atoms with Crippen LogP contribution in [0.4, 0.5) is 0 Å². The van der Waals surface area contributed by atoms with E-state index in [4.69, 9.17) is 9.84 Å². The molecule has 1 heterocycles. The number of rotatable bonds is 3. The molecule has 0 radical (unpaired) electrons. The molecule has 1 N–H and O–H groups in total. The lowest BCUT2D eigenvalue weighted by Crippen LogP contribution is -2.01. The minimum absolute atomic E-state index is 0.0551. The van der Waals surface area contributed by atoms with Gasteiger partial charge in [0.15, 0.2) is 0 Å². The third-order valence-corrected chi connectivity index (χ3v) is 2.93. The van der Waals surface area contributed by atoms with Crippen molar-refractivity contribution in [1.29, 1.82) is 0 Å². The van der Waals surface area contributed by atoms with Crippen LogP contribution in [0.15, 0.2) is 36.5 Å². The number of hydrogen-bond acceptors (Lipinski definition) is 3. The number of pyridine rings is 1. The van der Waals surface area contributed by atoms with Gasteiger partial charge in [0.1, 0.15) is 17.1 Å². The molecule has 0 saturated carbocycles. The number of carboxylic acid groups (broad SMARTS) is 1. The molecule has 4 nitrogen and oxygen atoms in total. The van der Waals surface area contributed by atoms with E-state index in [1.54, 1.807) is 19.1 Å². The van der Waals surface area contributed by atoms with Crippen LogP contribution in [-0.2, 0) is 0 Å². The van der Waals surface area contributed by atoms with Gasteiger partial charge < -0.3 is 9.84 Å². The van der Waals surface area contributed by atoms with Crippen LogP contribution in [0.2, 0.25) is 0 Å². The Bertz CT molecular complexity index is 599. The molecular weight excluding hydrogens is 345 g/mol. The van der Waals surface area contributed by atoms with Gasteiger partial charge in [0.05, 0.1) is 0 Å². The first-order valence-electron chi connectivity index (χ1n) is 5.19. The Balaban J connectivity index is 2.39. The van der Waals surface area contributed by atoms with Gasteiger partial charge in [0, 0.05) is 21.5 Å². The first-order valence-corrected chi connectivity index (χ1v) is 6.27. The van der Waals surface area contributed by atoms with Gasteiger partial charge in [-0.2, -0.15) is 0 Å². The Hall–Kier alpha value is -1.63. The van der Waals surface area contributed by atoms with Crippen LogP contribution in [0.25, 0.3) is 0 Å². The number of nitrogens with zero attached hydrogens (tertiary/aromatic N) is 1. The number of carboxylic acids is 1. The lowest BCUT2D eigenvalue weighted by atomic mass is 10.2. The van der Waals surface area contributed by atoms with E-state index >= 15 is 0 Å². The van der Waals surface area contributed by atoms with Crippen LogP contribution in [0.3, 0.4) is 0 Å². The summed E-state index contributed by atoms with van der Waals surface area (Å²) < 4.78 is 6.63. The summed E-state index contributed by atoms with van der Waals surface area (Å²) in [5.41, 5.74) is 0.764. The van der Waals surface area contributed by atoms with Gasteiger partial charge in [0.25, 0.3) is 0 Å².